The maximum Gasteiger partial charge on any atom is 0.270 e. The number of aromatic nitrogens is 2. The molecule has 0 saturated heterocycles. The molecule has 1 amide bonds. The largest absolute Gasteiger partial charge is 0.385 e. The van der Waals surface area contributed by atoms with Gasteiger partial charge in [0.2, 0.25) is 5.95 Å². The minimum absolute atomic E-state index is 0.0232. The first-order valence-electron chi connectivity index (χ1n) is 8.00. The Hall–Kier alpha value is -2.80. The number of carbonyl (C=O) groups excluding carboxylic acids is 2. The molecule has 0 spiro atoms. The summed E-state index contributed by atoms with van der Waals surface area (Å²) in [4.78, 5) is 32.2. The molecule has 0 aliphatic carbocycles. The number of hydrogen-bond acceptors (Lipinski definition) is 6. The summed E-state index contributed by atoms with van der Waals surface area (Å²) in [5.41, 5.74) is 2.23. The summed E-state index contributed by atoms with van der Waals surface area (Å²) in [6.07, 6.45) is 0.731. The average Bonchev–Trinajstić information content (AvgIpc) is 2.58. The molecular weight excluding hydrogens is 320 g/mol. The van der Waals surface area contributed by atoms with Crippen molar-refractivity contribution >= 4 is 23.3 Å². The zero-order valence-electron chi connectivity index (χ0n) is 14.6. The van der Waals surface area contributed by atoms with E-state index in [1.807, 2.05) is 6.07 Å². The number of Topliss-reactive ketones (excluding diaryl/α,β-unsaturated/α-hetero) is 1. The van der Waals surface area contributed by atoms with Gasteiger partial charge in [0.1, 0.15) is 5.69 Å². The highest BCUT2D eigenvalue weighted by Crippen LogP contribution is 2.16. The van der Waals surface area contributed by atoms with Crippen molar-refractivity contribution in [1.82, 2.24) is 15.3 Å². The maximum atomic E-state index is 12.2. The van der Waals surface area contributed by atoms with Crippen LogP contribution >= 0.6 is 0 Å². The standard InChI is InChI=1S/C18H22N4O3/c1-12-10-16(17(24)19-8-5-9-25-3)22-18(20-12)21-15-7-4-6-14(11-15)13(2)23/h4,6-7,10-11H,5,8-9H2,1-3H3,(H,19,24)(H,20,21,22). The number of aryl methyl sites for hydroxylation is 1. The normalized spacial score (nSPS) is 10.4. The Kier molecular flexibility index (Phi) is 6.59. The lowest BCUT2D eigenvalue weighted by Crippen LogP contribution is -2.26. The lowest BCUT2D eigenvalue weighted by atomic mass is 10.1. The zero-order chi connectivity index (χ0) is 18.2. The fraction of sp³-hybridized carbons (Fsp3) is 0.333. The number of methoxy groups -OCH3 is 1. The van der Waals surface area contributed by atoms with Crippen LogP contribution in [0.3, 0.4) is 0 Å². The average molecular weight is 342 g/mol. The van der Waals surface area contributed by atoms with Gasteiger partial charge < -0.3 is 15.4 Å². The lowest BCUT2D eigenvalue weighted by Gasteiger charge is -2.09. The van der Waals surface area contributed by atoms with Crippen LogP contribution in [0.4, 0.5) is 11.6 Å². The van der Waals surface area contributed by atoms with Crippen molar-refractivity contribution < 1.29 is 14.3 Å². The third-order valence-electron chi connectivity index (χ3n) is 3.42. The van der Waals surface area contributed by atoms with E-state index in [4.69, 9.17) is 4.74 Å². The molecule has 0 fully saturated rings. The molecule has 2 N–H and O–H groups in total. The molecule has 2 rings (SSSR count). The van der Waals surface area contributed by atoms with E-state index in [2.05, 4.69) is 20.6 Å². The second-order valence-electron chi connectivity index (χ2n) is 5.58. The van der Waals surface area contributed by atoms with E-state index >= 15 is 0 Å². The number of amides is 1. The van der Waals surface area contributed by atoms with Crippen molar-refractivity contribution in [3.05, 3.63) is 47.3 Å². The van der Waals surface area contributed by atoms with Crippen LogP contribution in [0.25, 0.3) is 0 Å². The van der Waals surface area contributed by atoms with Crippen LogP contribution in [0, 0.1) is 6.92 Å². The van der Waals surface area contributed by atoms with Crippen LogP contribution in [0.2, 0.25) is 0 Å². The van der Waals surface area contributed by atoms with Gasteiger partial charge in [-0.25, -0.2) is 9.97 Å². The summed E-state index contributed by atoms with van der Waals surface area (Å²) in [5.74, 6) is 0.0230. The molecule has 0 atom stereocenters. The fourth-order valence-electron chi connectivity index (χ4n) is 2.19. The summed E-state index contributed by atoms with van der Waals surface area (Å²) in [6, 6.07) is 8.67. The predicted molar refractivity (Wildman–Crippen MR) is 95.3 cm³/mol. The molecular formula is C18H22N4O3. The van der Waals surface area contributed by atoms with Gasteiger partial charge in [-0.05, 0) is 38.5 Å². The van der Waals surface area contributed by atoms with Gasteiger partial charge in [0.15, 0.2) is 5.78 Å². The first-order chi connectivity index (χ1) is 12.0. The third-order valence-corrected chi connectivity index (χ3v) is 3.42. The summed E-state index contributed by atoms with van der Waals surface area (Å²) in [5, 5.41) is 5.83. The van der Waals surface area contributed by atoms with Gasteiger partial charge in [0.05, 0.1) is 0 Å². The number of rotatable bonds is 8. The molecule has 2 aromatic rings. The van der Waals surface area contributed by atoms with E-state index in [9.17, 15) is 9.59 Å². The molecule has 0 saturated carbocycles. The third kappa shape index (κ3) is 5.65. The van der Waals surface area contributed by atoms with Crippen molar-refractivity contribution in [3.8, 4) is 0 Å². The molecule has 7 nitrogen and oxygen atoms in total. The molecule has 0 unspecified atom stereocenters. The maximum absolute atomic E-state index is 12.2. The Balaban J connectivity index is 2.11. The van der Waals surface area contributed by atoms with Crippen molar-refractivity contribution in [2.24, 2.45) is 0 Å². The zero-order valence-corrected chi connectivity index (χ0v) is 14.6. The Morgan fingerprint density at radius 3 is 2.72 bits per heavy atom. The summed E-state index contributed by atoms with van der Waals surface area (Å²) in [6.45, 7) is 4.40. The number of anilines is 2. The minimum Gasteiger partial charge on any atom is -0.385 e. The van der Waals surface area contributed by atoms with Crippen molar-refractivity contribution in [3.63, 3.8) is 0 Å². The highest BCUT2D eigenvalue weighted by Gasteiger charge is 2.11. The molecule has 0 radical (unpaired) electrons. The van der Waals surface area contributed by atoms with Crippen LogP contribution in [0.1, 0.15) is 39.9 Å². The summed E-state index contributed by atoms with van der Waals surface area (Å²) >= 11 is 0. The molecule has 1 aromatic heterocycles. The van der Waals surface area contributed by atoms with Crippen LogP contribution in [-0.4, -0.2) is 41.9 Å². The number of hydrogen-bond donors (Lipinski definition) is 2. The Morgan fingerprint density at radius 2 is 2.00 bits per heavy atom. The molecule has 1 heterocycles. The molecule has 25 heavy (non-hydrogen) atoms. The van der Waals surface area contributed by atoms with Crippen LogP contribution in [0.15, 0.2) is 30.3 Å². The minimum atomic E-state index is -0.262. The van der Waals surface area contributed by atoms with Gasteiger partial charge in [0, 0.05) is 37.2 Å². The van der Waals surface area contributed by atoms with E-state index in [1.165, 1.54) is 6.92 Å². The number of carbonyl (C=O) groups is 2. The van der Waals surface area contributed by atoms with Crippen molar-refractivity contribution in [2.45, 2.75) is 20.3 Å². The van der Waals surface area contributed by atoms with E-state index in [1.54, 1.807) is 38.3 Å². The fourth-order valence-corrected chi connectivity index (χ4v) is 2.19. The van der Waals surface area contributed by atoms with Crippen molar-refractivity contribution in [2.75, 3.05) is 25.6 Å². The van der Waals surface area contributed by atoms with E-state index in [0.717, 1.165) is 6.42 Å². The predicted octanol–water partition coefficient (Wildman–Crippen LogP) is 2.50. The quantitative estimate of drug-likeness (QED) is 0.565. The van der Waals surface area contributed by atoms with E-state index < -0.39 is 0 Å². The molecule has 7 heteroatoms. The molecule has 0 aliphatic rings. The topological polar surface area (TPSA) is 93.2 Å². The van der Waals surface area contributed by atoms with Crippen molar-refractivity contribution in [1.29, 1.82) is 0 Å². The number of nitrogens with one attached hydrogen (secondary N) is 2. The van der Waals surface area contributed by atoms with Crippen LogP contribution in [-0.2, 0) is 4.74 Å². The van der Waals surface area contributed by atoms with E-state index in [-0.39, 0.29) is 17.4 Å². The van der Waals surface area contributed by atoms with Gasteiger partial charge in [-0.1, -0.05) is 12.1 Å². The monoisotopic (exact) mass is 342 g/mol. The number of nitrogens with zero attached hydrogens (tertiary/aromatic N) is 2. The summed E-state index contributed by atoms with van der Waals surface area (Å²) < 4.78 is 4.95. The number of ketones is 1. The smallest absolute Gasteiger partial charge is 0.270 e. The Labute approximate surface area is 146 Å². The molecule has 0 bridgehead atoms. The second-order valence-corrected chi connectivity index (χ2v) is 5.58. The number of ether oxygens (including phenoxy) is 1. The van der Waals surface area contributed by atoms with Gasteiger partial charge in [0.25, 0.3) is 5.91 Å². The first kappa shape index (κ1) is 18.5. The highest BCUT2D eigenvalue weighted by molar-refractivity contribution is 5.95. The van der Waals surface area contributed by atoms with Gasteiger partial charge in [-0.15, -0.1) is 0 Å². The van der Waals surface area contributed by atoms with Gasteiger partial charge in [-0.2, -0.15) is 0 Å². The SMILES string of the molecule is COCCCNC(=O)c1cc(C)nc(Nc2cccc(C(C)=O)c2)n1. The van der Waals surface area contributed by atoms with Gasteiger partial charge in [-0.3, -0.25) is 9.59 Å². The molecule has 0 aliphatic heterocycles. The Morgan fingerprint density at radius 1 is 1.20 bits per heavy atom. The number of benzene rings is 1. The Bertz CT molecular complexity index is 762. The second kappa shape index (κ2) is 8.89. The molecule has 132 valence electrons. The summed E-state index contributed by atoms with van der Waals surface area (Å²) in [7, 11) is 1.62. The first-order valence-corrected chi connectivity index (χ1v) is 8.00. The van der Waals surface area contributed by atoms with Crippen LogP contribution in [0.5, 0.6) is 0 Å². The van der Waals surface area contributed by atoms with Crippen LogP contribution < -0.4 is 10.6 Å². The molecule has 1 aromatic carbocycles. The highest BCUT2D eigenvalue weighted by atomic mass is 16.5. The van der Waals surface area contributed by atoms with Gasteiger partial charge >= 0.3 is 0 Å². The van der Waals surface area contributed by atoms with E-state index in [0.29, 0.717) is 36.0 Å². The lowest BCUT2D eigenvalue weighted by molar-refractivity contribution is 0.0942.